The summed E-state index contributed by atoms with van der Waals surface area (Å²) in [5.41, 5.74) is 1.39. The third-order valence-corrected chi connectivity index (χ3v) is 4.90. The van der Waals surface area contributed by atoms with Gasteiger partial charge in [-0.25, -0.2) is 17.8 Å². The zero-order valence-electron chi connectivity index (χ0n) is 12.9. The normalized spacial score (nSPS) is 11.4. The van der Waals surface area contributed by atoms with Gasteiger partial charge in [-0.3, -0.25) is 10.1 Å². The predicted octanol–water partition coefficient (Wildman–Crippen LogP) is 2.26. The lowest BCUT2D eigenvalue weighted by Crippen LogP contribution is -2.23. The molecule has 9 heteroatoms. The fourth-order valence-electron chi connectivity index (χ4n) is 2.18. The Hall–Kier alpha value is -3.04. The highest BCUT2D eigenvalue weighted by Gasteiger charge is 2.16. The lowest BCUT2D eigenvalue weighted by Gasteiger charge is -2.05. The number of nitro benzene ring substituents is 1. The highest BCUT2D eigenvalue weighted by Crippen LogP contribution is 2.16. The molecule has 0 amide bonds. The van der Waals surface area contributed by atoms with Gasteiger partial charge in [0.15, 0.2) is 0 Å². The number of non-ortho nitro benzene ring substituents is 1. The first-order valence-corrected chi connectivity index (χ1v) is 8.77. The highest BCUT2D eigenvalue weighted by molar-refractivity contribution is 7.89. The van der Waals surface area contributed by atoms with Gasteiger partial charge in [0.2, 0.25) is 10.0 Å². The smallest absolute Gasteiger partial charge is 0.258 e. The minimum atomic E-state index is -3.77. The number of rotatable bonds is 6. The Bertz CT molecular complexity index is 982. The van der Waals surface area contributed by atoms with Crippen molar-refractivity contribution in [2.75, 3.05) is 0 Å². The Balaban J connectivity index is 1.70. The Labute approximate surface area is 143 Å². The molecule has 1 aromatic heterocycles. The van der Waals surface area contributed by atoms with Crippen molar-refractivity contribution in [1.29, 1.82) is 0 Å². The maximum atomic E-state index is 12.3. The number of nitrogens with one attached hydrogen (secondary N) is 1. The molecule has 0 atom stereocenters. The molecule has 0 spiro atoms. The summed E-state index contributed by atoms with van der Waals surface area (Å²) in [6, 6.07) is 14.1. The van der Waals surface area contributed by atoms with Crippen LogP contribution in [0.2, 0.25) is 0 Å². The van der Waals surface area contributed by atoms with Crippen LogP contribution in [0.4, 0.5) is 5.69 Å². The van der Waals surface area contributed by atoms with Crippen molar-refractivity contribution in [3.05, 3.63) is 82.7 Å². The zero-order chi connectivity index (χ0) is 17.9. The summed E-state index contributed by atoms with van der Waals surface area (Å²) in [6.45, 7) is 0.0617. The average Bonchev–Trinajstić information content (AvgIpc) is 3.10. The van der Waals surface area contributed by atoms with Gasteiger partial charge in [-0.15, -0.1) is 0 Å². The fourth-order valence-corrected chi connectivity index (χ4v) is 3.20. The number of nitro groups is 1. The lowest BCUT2D eigenvalue weighted by molar-refractivity contribution is -0.384. The molecule has 0 saturated heterocycles. The summed E-state index contributed by atoms with van der Waals surface area (Å²) in [4.78, 5) is 10.0. The van der Waals surface area contributed by atoms with Gasteiger partial charge in [-0.05, 0) is 24.3 Å². The molecule has 0 aliphatic heterocycles. The number of sulfonamides is 1. The van der Waals surface area contributed by atoms with E-state index in [1.54, 1.807) is 17.1 Å². The molecule has 3 aromatic rings. The Kier molecular flexibility index (Phi) is 4.59. The number of nitrogens with zero attached hydrogens (tertiary/aromatic N) is 3. The van der Waals surface area contributed by atoms with Crippen LogP contribution in [0.15, 0.2) is 71.9 Å². The molecule has 3 rings (SSSR count). The van der Waals surface area contributed by atoms with Gasteiger partial charge in [0.1, 0.15) is 0 Å². The van der Waals surface area contributed by atoms with E-state index in [0.717, 1.165) is 17.8 Å². The minimum Gasteiger partial charge on any atom is -0.258 e. The number of aromatic nitrogens is 2. The molecule has 0 radical (unpaired) electrons. The zero-order valence-corrected chi connectivity index (χ0v) is 13.8. The fraction of sp³-hybridized carbons (Fsp3) is 0.0625. The van der Waals surface area contributed by atoms with Crippen LogP contribution in [0.3, 0.4) is 0 Å². The molecular formula is C16H14N4O4S. The molecule has 0 fully saturated rings. The minimum absolute atomic E-state index is 0.0337. The number of hydrogen-bond donors (Lipinski definition) is 1. The summed E-state index contributed by atoms with van der Waals surface area (Å²) < 4.78 is 28.6. The van der Waals surface area contributed by atoms with Crippen LogP contribution in [0.5, 0.6) is 0 Å². The Morgan fingerprint density at radius 1 is 1.08 bits per heavy atom. The molecule has 8 nitrogen and oxygen atoms in total. The maximum absolute atomic E-state index is 12.3. The summed E-state index contributed by atoms with van der Waals surface area (Å²) in [5, 5.41) is 14.8. The van der Waals surface area contributed by atoms with Crippen LogP contribution in [-0.4, -0.2) is 23.1 Å². The molecule has 0 unspecified atom stereocenters. The molecule has 25 heavy (non-hydrogen) atoms. The first-order chi connectivity index (χ1) is 12.0. The van der Waals surface area contributed by atoms with Gasteiger partial charge in [0.05, 0.1) is 21.7 Å². The van der Waals surface area contributed by atoms with Gasteiger partial charge in [0.25, 0.3) is 5.69 Å². The van der Waals surface area contributed by atoms with Crippen molar-refractivity contribution in [3.63, 3.8) is 0 Å². The number of para-hydroxylation sites is 1. The van der Waals surface area contributed by atoms with E-state index in [2.05, 4.69) is 9.82 Å². The average molecular weight is 358 g/mol. The summed E-state index contributed by atoms with van der Waals surface area (Å²) >= 11 is 0. The van der Waals surface area contributed by atoms with Crippen molar-refractivity contribution >= 4 is 15.7 Å². The van der Waals surface area contributed by atoms with E-state index in [1.165, 1.54) is 12.1 Å². The molecular weight excluding hydrogens is 344 g/mol. The first kappa shape index (κ1) is 16.8. The van der Waals surface area contributed by atoms with E-state index in [1.807, 2.05) is 30.3 Å². The Morgan fingerprint density at radius 3 is 2.40 bits per heavy atom. The van der Waals surface area contributed by atoms with E-state index in [-0.39, 0.29) is 17.1 Å². The van der Waals surface area contributed by atoms with Gasteiger partial charge >= 0.3 is 0 Å². The van der Waals surface area contributed by atoms with Crippen LogP contribution in [0.25, 0.3) is 5.69 Å². The summed E-state index contributed by atoms with van der Waals surface area (Å²) in [7, 11) is -3.77. The largest absolute Gasteiger partial charge is 0.269 e. The predicted molar refractivity (Wildman–Crippen MR) is 90.7 cm³/mol. The molecule has 0 saturated carbocycles. The van der Waals surface area contributed by atoms with Crippen LogP contribution in [-0.2, 0) is 16.6 Å². The van der Waals surface area contributed by atoms with Crippen molar-refractivity contribution in [3.8, 4) is 5.69 Å². The van der Waals surface area contributed by atoms with Gasteiger partial charge in [-0.1, -0.05) is 18.2 Å². The quantitative estimate of drug-likeness (QED) is 0.537. The second-order valence-corrected chi connectivity index (χ2v) is 6.97. The number of benzene rings is 2. The van der Waals surface area contributed by atoms with Crippen molar-refractivity contribution in [2.24, 2.45) is 0 Å². The highest BCUT2D eigenvalue weighted by atomic mass is 32.2. The van der Waals surface area contributed by atoms with E-state index in [4.69, 9.17) is 0 Å². The van der Waals surface area contributed by atoms with Crippen LogP contribution in [0, 0.1) is 10.1 Å². The van der Waals surface area contributed by atoms with Gasteiger partial charge in [-0.2, -0.15) is 5.10 Å². The van der Waals surface area contributed by atoms with Crippen LogP contribution >= 0.6 is 0 Å². The molecule has 0 aliphatic rings. The van der Waals surface area contributed by atoms with Crippen LogP contribution in [0.1, 0.15) is 5.56 Å². The molecule has 1 heterocycles. The molecule has 128 valence electrons. The lowest BCUT2D eigenvalue weighted by atomic mass is 10.3. The number of hydrogen-bond acceptors (Lipinski definition) is 5. The SMILES string of the molecule is O=[N+]([O-])c1ccc(S(=O)(=O)NCc2cnn(-c3ccccc3)c2)cc1. The molecule has 0 bridgehead atoms. The molecule has 0 aliphatic carbocycles. The van der Waals surface area contributed by atoms with Crippen molar-refractivity contribution < 1.29 is 13.3 Å². The summed E-state index contributed by atoms with van der Waals surface area (Å²) in [6.07, 6.45) is 3.30. The Morgan fingerprint density at radius 2 is 1.76 bits per heavy atom. The van der Waals surface area contributed by atoms with E-state index >= 15 is 0 Å². The van der Waals surface area contributed by atoms with E-state index < -0.39 is 14.9 Å². The first-order valence-electron chi connectivity index (χ1n) is 7.29. The standard InChI is InChI=1S/C16H14N4O4S/c21-20(22)15-6-8-16(9-7-15)25(23,24)18-11-13-10-17-19(12-13)14-4-2-1-3-5-14/h1-10,12,18H,11H2. The summed E-state index contributed by atoms with van der Waals surface area (Å²) in [5.74, 6) is 0. The van der Waals surface area contributed by atoms with Crippen molar-refractivity contribution in [1.82, 2.24) is 14.5 Å². The van der Waals surface area contributed by atoms with Gasteiger partial charge in [0, 0.05) is 30.4 Å². The maximum Gasteiger partial charge on any atom is 0.269 e. The second-order valence-electron chi connectivity index (χ2n) is 5.20. The monoisotopic (exact) mass is 358 g/mol. The van der Waals surface area contributed by atoms with E-state index in [0.29, 0.717) is 5.56 Å². The van der Waals surface area contributed by atoms with Crippen molar-refractivity contribution in [2.45, 2.75) is 11.4 Å². The third kappa shape index (κ3) is 3.90. The molecule has 1 N–H and O–H groups in total. The second kappa shape index (κ2) is 6.83. The topological polar surface area (TPSA) is 107 Å². The third-order valence-electron chi connectivity index (χ3n) is 3.48. The van der Waals surface area contributed by atoms with E-state index in [9.17, 15) is 18.5 Å². The molecule has 2 aromatic carbocycles. The van der Waals surface area contributed by atoms with Gasteiger partial charge < -0.3 is 0 Å². The van der Waals surface area contributed by atoms with Crippen LogP contribution < -0.4 is 4.72 Å².